The second kappa shape index (κ2) is 12.5. The van der Waals surface area contributed by atoms with Gasteiger partial charge in [-0.1, -0.05) is 58.4 Å². The van der Waals surface area contributed by atoms with Crippen LogP contribution in [0.3, 0.4) is 0 Å². The van der Waals surface area contributed by atoms with Gasteiger partial charge in [0.15, 0.2) is 0 Å². The van der Waals surface area contributed by atoms with E-state index in [0.717, 1.165) is 36.8 Å². The molecule has 0 saturated heterocycles. The van der Waals surface area contributed by atoms with Gasteiger partial charge >= 0.3 is 11.9 Å². The second-order valence-electron chi connectivity index (χ2n) is 7.69. The van der Waals surface area contributed by atoms with Crippen molar-refractivity contribution in [2.75, 3.05) is 13.2 Å². The number of rotatable bonds is 13. The summed E-state index contributed by atoms with van der Waals surface area (Å²) in [6.07, 6.45) is 9.23. The Morgan fingerprint density at radius 2 is 1.76 bits per heavy atom. The summed E-state index contributed by atoms with van der Waals surface area (Å²) in [7, 11) is 0. The van der Waals surface area contributed by atoms with E-state index in [2.05, 4.69) is 12.2 Å². The zero-order valence-corrected chi connectivity index (χ0v) is 17.7. The molecule has 0 bridgehead atoms. The molecule has 2 N–H and O–H groups in total. The second-order valence-corrected chi connectivity index (χ2v) is 7.69. The third-order valence-corrected chi connectivity index (χ3v) is 5.26. The summed E-state index contributed by atoms with van der Waals surface area (Å²) in [5, 5.41) is 12.3. The van der Waals surface area contributed by atoms with Crippen LogP contribution in [0.2, 0.25) is 0 Å². The molecule has 0 aliphatic carbocycles. The normalized spacial score (nSPS) is 18.1. The molecule has 1 aliphatic heterocycles. The zero-order valence-electron chi connectivity index (χ0n) is 17.7. The molecule has 2 unspecified atom stereocenters. The van der Waals surface area contributed by atoms with Crippen molar-refractivity contribution >= 4 is 11.9 Å². The highest BCUT2D eigenvalue weighted by Gasteiger charge is 2.35. The van der Waals surface area contributed by atoms with Crippen molar-refractivity contribution in [1.29, 1.82) is 0 Å². The standard InChI is InChI=1S/C23H35NO5/c1-3-5-7-8-9-10-14-28-18-12-11-17-15-20(22(25)26)24-21(19(17)16-18)23(27)29-13-6-4-2/h11-12,16,20-21,24H,3-10,13-15H2,1-2H3,(H,25,26). The first-order chi connectivity index (χ1) is 14.1. The molecule has 1 heterocycles. The molecule has 6 nitrogen and oxygen atoms in total. The lowest BCUT2D eigenvalue weighted by molar-refractivity contribution is -0.148. The summed E-state index contributed by atoms with van der Waals surface area (Å²) in [6, 6.07) is 3.99. The summed E-state index contributed by atoms with van der Waals surface area (Å²) in [5.74, 6) is -0.691. The number of nitrogens with one attached hydrogen (secondary N) is 1. The summed E-state index contributed by atoms with van der Waals surface area (Å²) < 4.78 is 11.2. The van der Waals surface area contributed by atoms with Gasteiger partial charge in [-0.15, -0.1) is 0 Å². The molecule has 2 rings (SSSR count). The molecule has 1 aliphatic rings. The number of unbranched alkanes of at least 4 members (excludes halogenated alkanes) is 6. The molecule has 2 atom stereocenters. The zero-order chi connectivity index (χ0) is 21.1. The minimum Gasteiger partial charge on any atom is -0.494 e. The molecule has 29 heavy (non-hydrogen) atoms. The number of benzene rings is 1. The Morgan fingerprint density at radius 3 is 2.48 bits per heavy atom. The molecule has 6 heteroatoms. The van der Waals surface area contributed by atoms with Gasteiger partial charge in [-0.3, -0.25) is 10.1 Å². The van der Waals surface area contributed by atoms with E-state index in [9.17, 15) is 14.7 Å². The Bertz CT molecular complexity index is 661. The highest BCUT2D eigenvalue weighted by molar-refractivity contribution is 5.82. The monoisotopic (exact) mass is 405 g/mol. The maximum atomic E-state index is 12.6. The Labute approximate surface area is 174 Å². The third-order valence-electron chi connectivity index (χ3n) is 5.26. The number of carbonyl (C=O) groups excluding carboxylic acids is 1. The van der Waals surface area contributed by atoms with Crippen molar-refractivity contribution in [2.45, 2.75) is 83.7 Å². The quantitative estimate of drug-likeness (QED) is 0.373. The smallest absolute Gasteiger partial charge is 0.327 e. The largest absolute Gasteiger partial charge is 0.494 e. The van der Waals surface area contributed by atoms with E-state index in [1.54, 1.807) is 0 Å². The minimum atomic E-state index is -0.967. The fraction of sp³-hybridized carbons (Fsp3) is 0.652. The first-order valence-corrected chi connectivity index (χ1v) is 11.0. The number of hydrogen-bond acceptors (Lipinski definition) is 5. The van der Waals surface area contributed by atoms with Crippen LogP contribution in [-0.4, -0.2) is 36.3 Å². The van der Waals surface area contributed by atoms with Gasteiger partial charge in [0.1, 0.15) is 17.8 Å². The van der Waals surface area contributed by atoms with Gasteiger partial charge in [0.05, 0.1) is 13.2 Å². The fourth-order valence-corrected chi connectivity index (χ4v) is 3.51. The van der Waals surface area contributed by atoms with E-state index in [0.29, 0.717) is 25.4 Å². The van der Waals surface area contributed by atoms with Crippen LogP contribution in [-0.2, 0) is 20.7 Å². The van der Waals surface area contributed by atoms with Gasteiger partial charge in [0.2, 0.25) is 0 Å². The predicted octanol–water partition coefficient (Wildman–Crippen LogP) is 4.41. The van der Waals surface area contributed by atoms with Crippen LogP contribution >= 0.6 is 0 Å². The Morgan fingerprint density at radius 1 is 1.03 bits per heavy atom. The van der Waals surface area contributed by atoms with Gasteiger partial charge in [-0.25, -0.2) is 4.79 Å². The van der Waals surface area contributed by atoms with E-state index in [1.165, 1.54) is 25.7 Å². The molecule has 0 saturated carbocycles. The fourth-order valence-electron chi connectivity index (χ4n) is 3.51. The van der Waals surface area contributed by atoms with Crippen molar-refractivity contribution in [3.8, 4) is 5.75 Å². The number of carboxylic acids is 1. The van der Waals surface area contributed by atoms with Gasteiger partial charge in [-0.2, -0.15) is 0 Å². The number of ether oxygens (including phenoxy) is 2. The van der Waals surface area contributed by atoms with Crippen LogP contribution in [0.25, 0.3) is 0 Å². The Kier molecular flexibility index (Phi) is 9.98. The maximum Gasteiger partial charge on any atom is 0.327 e. The average molecular weight is 406 g/mol. The summed E-state index contributed by atoms with van der Waals surface area (Å²) in [4.78, 5) is 24.1. The van der Waals surface area contributed by atoms with Crippen LogP contribution in [0.15, 0.2) is 18.2 Å². The average Bonchev–Trinajstić information content (AvgIpc) is 2.72. The van der Waals surface area contributed by atoms with Gasteiger partial charge < -0.3 is 14.6 Å². The van der Waals surface area contributed by atoms with Crippen LogP contribution in [0, 0.1) is 0 Å². The number of hydrogen-bond donors (Lipinski definition) is 2. The minimum absolute atomic E-state index is 0.334. The SMILES string of the molecule is CCCCCCCCOc1ccc2c(c1)C(C(=O)OCCCC)NC(C(=O)O)C2. The van der Waals surface area contributed by atoms with Crippen molar-refractivity contribution in [3.05, 3.63) is 29.3 Å². The number of aliphatic carboxylic acids is 1. The van der Waals surface area contributed by atoms with Crippen molar-refractivity contribution in [1.82, 2.24) is 5.32 Å². The van der Waals surface area contributed by atoms with Crippen LogP contribution in [0.1, 0.15) is 82.4 Å². The van der Waals surface area contributed by atoms with E-state index >= 15 is 0 Å². The lowest BCUT2D eigenvalue weighted by Gasteiger charge is -2.30. The molecule has 1 aromatic carbocycles. The molecule has 0 fully saturated rings. The van der Waals surface area contributed by atoms with Crippen molar-refractivity contribution < 1.29 is 24.2 Å². The molecule has 162 valence electrons. The molecule has 0 amide bonds. The predicted molar refractivity (Wildman–Crippen MR) is 112 cm³/mol. The lowest BCUT2D eigenvalue weighted by atomic mass is 9.90. The number of esters is 1. The van der Waals surface area contributed by atoms with Crippen LogP contribution in [0.4, 0.5) is 0 Å². The van der Waals surface area contributed by atoms with Crippen LogP contribution in [0.5, 0.6) is 5.75 Å². The maximum absolute atomic E-state index is 12.6. The van der Waals surface area contributed by atoms with E-state index < -0.39 is 24.0 Å². The van der Waals surface area contributed by atoms with E-state index in [1.807, 2.05) is 25.1 Å². The summed E-state index contributed by atoms with van der Waals surface area (Å²) >= 11 is 0. The van der Waals surface area contributed by atoms with Gasteiger partial charge in [-0.05, 0) is 42.5 Å². The van der Waals surface area contributed by atoms with Gasteiger partial charge in [0, 0.05) is 0 Å². The molecule has 1 aromatic rings. The summed E-state index contributed by atoms with van der Waals surface area (Å²) in [6.45, 7) is 5.21. The first kappa shape index (κ1) is 23.2. The molecule has 0 spiro atoms. The molecular formula is C23H35NO5. The van der Waals surface area contributed by atoms with E-state index in [4.69, 9.17) is 9.47 Å². The number of carboxylic acid groups (broad SMARTS) is 1. The van der Waals surface area contributed by atoms with Gasteiger partial charge in [0.25, 0.3) is 0 Å². The number of fused-ring (bicyclic) bond motifs is 1. The molecule has 0 aromatic heterocycles. The highest BCUT2D eigenvalue weighted by Crippen LogP contribution is 2.30. The summed E-state index contributed by atoms with van der Waals surface area (Å²) in [5.41, 5.74) is 1.60. The lowest BCUT2D eigenvalue weighted by Crippen LogP contribution is -2.47. The highest BCUT2D eigenvalue weighted by atomic mass is 16.5. The molecule has 0 radical (unpaired) electrons. The van der Waals surface area contributed by atoms with Crippen molar-refractivity contribution in [3.63, 3.8) is 0 Å². The topological polar surface area (TPSA) is 84.9 Å². The van der Waals surface area contributed by atoms with Crippen molar-refractivity contribution in [2.24, 2.45) is 0 Å². The Balaban J connectivity index is 2.00. The molecular weight excluding hydrogens is 370 g/mol. The first-order valence-electron chi connectivity index (χ1n) is 11.0. The Hall–Kier alpha value is -2.08. The van der Waals surface area contributed by atoms with E-state index in [-0.39, 0.29) is 0 Å². The number of carbonyl (C=O) groups is 2. The van der Waals surface area contributed by atoms with Crippen LogP contribution < -0.4 is 10.1 Å². The third kappa shape index (κ3) is 7.35.